The number of piperidine rings is 1. The molecule has 3 aliphatic rings. The van der Waals surface area contributed by atoms with Gasteiger partial charge in [0.15, 0.2) is 0 Å². The summed E-state index contributed by atoms with van der Waals surface area (Å²) in [6.07, 6.45) is 4.28. The van der Waals surface area contributed by atoms with Crippen LogP contribution < -0.4 is 0 Å². The summed E-state index contributed by atoms with van der Waals surface area (Å²) in [6.45, 7) is 27.3. The fourth-order valence-electron chi connectivity index (χ4n) is 5.12. The lowest BCUT2D eigenvalue weighted by Crippen LogP contribution is -2.52. The minimum Gasteiger partial charge on any atom is -0.313 e. The quantitative estimate of drug-likeness (QED) is 0.681. The molecule has 0 radical (unpaired) electrons. The fraction of sp³-hybridized carbons (Fsp3) is 0.923. The largest absolute Gasteiger partial charge is 0.313 e. The summed E-state index contributed by atoms with van der Waals surface area (Å²) in [5, 5.41) is 8.24. The van der Waals surface area contributed by atoms with E-state index in [1.165, 1.54) is 52.0 Å². The van der Waals surface area contributed by atoms with Gasteiger partial charge in [-0.3, -0.25) is 9.80 Å². The van der Waals surface area contributed by atoms with E-state index < -0.39 is 0 Å². The van der Waals surface area contributed by atoms with Gasteiger partial charge in [0, 0.05) is 56.9 Å². The van der Waals surface area contributed by atoms with Crippen LogP contribution in [0.5, 0.6) is 0 Å². The minimum atomic E-state index is 0.603. The molecule has 0 N–H and O–H groups in total. The van der Waals surface area contributed by atoms with Crippen LogP contribution in [0.4, 0.5) is 0 Å². The number of hydrogen-bond donors (Lipinski definition) is 0. The van der Waals surface area contributed by atoms with E-state index in [9.17, 15) is 0 Å². The molecule has 0 aromatic carbocycles. The lowest BCUT2D eigenvalue weighted by atomic mass is 10.1. The van der Waals surface area contributed by atoms with Crippen LogP contribution in [0.25, 0.3) is 0 Å². The number of aryl methyl sites for hydroxylation is 1. The average molecular weight is 464 g/mol. The highest BCUT2D eigenvalue weighted by Gasteiger charge is 2.23. The van der Waals surface area contributed by atoms with Crippen molar-refractivity contribution < 1.29 is 0 Å². The van der Waals surface area contributed by atoms with Crippen LogP contribution in [0.1, 0.15) is 79.4 Å². The molecular formula is C26H53N7. The average Bonchev–Trinajstić information content (AvgIpc) is 3.15. The number of likely N-dealkylation sites (tertiary alicyclic amines) is 1. The summed E-state index contributed by atoms with van der Waals surface area (Å²) in [6, 6.07) is 2.81. The van der Waals surface area contributed by atoms with Crippen molar-refractivity contribution in [3.63, 3.8) is 0 Å². The third kappa shape index (κ3) is 8.93. The number of rotatable bonds is 3. The summed E-state index contributed by atoms with van der Waals surface area (Å²) in [5.41, 5.74) is 0. The number of aromatic nitrogens is 3. The maximum absolute atomic E-state index is 4.16. The van der Waals surface area contributed by atoms with E-state index in [2.05, 4.69) is 89.9 Å². The van der Waals surface area contributed by atoms with Gasteiger partial charge in [-0.15, -0.1) is 10.2 Å². The van der Waals surface area contributed by atoms with Crippen LogP contribution in [-0.4, -0.2) is 105 Å². The molecule has 3 aliphatic heterocycles. The second-order valence-corrected chi connectivity index (χ2v) is 11.0. The normalized spacial score (nSPS) is 23.2. The van der Waals surface area contributed by atoms with E-state index in [1.807, 2.05) is 6.92 Å². The van der Waals surface area contributed by atoms with Crippen molar-refractivity contribution in [3.05, 3.63) is 11.6 Å². The molecule has 0 saturated carbocycles. The van der Waals surface area contributed by atoms with E-state index in [4.69, 9.17) is 0 Å². The van der Waals surface area contributed by atoms with Crippen LogP contribution in [0, 0.1) is 6.92 Å². The molecule has 192 valence electrons. The standard InChI is InChI=1S/C9H16N4.C9H20N2.C8H17N/c1-7(2)12-4-5-13-8(3)10-11-9(13)6-12;1-8(2)11-6-5-10(4)7-9(11)3;1-8(2)9-6-4-3-5-7-9/h7H,4-6H2,1-3H3;8-9H,5-7H2,1-4H3;8H,3-7H2,1-2H3. The molecule has 1 aromatic heterocycles. The van der Waals surface area contributed by atoms with E-state index in [1.54, 1.807) is 0 Å². The van der Waals surface area contributed by atoms with Gasteiger partial charge in [0.05, 0.1) is 6.54 Å². The second kappa shape index (κ2) is 13.8. The van der Waals surface area contributed by atoms with Crippen LogP contribution >= 0.6 is 0 Å². The van der Waals surface area contributed by atoms with Gasteiger partial charge in [0.25, 0.3) is 0 Å². The Bertz CT molecular complexity index is 664. The molecule has 0 bridgehead atoms. The number of likely N-dealkylation sites (N-methyl/N-ethyl adjacent to an activating group) is 1. The van der Waals surface area contributed by atoms with E-state index >= 15 is 0 Å². The van der Waals surface area contributed by atoms with Gasteiger partial charge in [-0.1, -0.05) is 6.42 Å². The van der Waals surface area contributed by atoms with Crippen LogP contribution in [-0.2, 0) is 13.1 Å². The number of hydrogen-bond acceptors (Lipinski definition) is 6. The topological polar surface area (TPSA) is 43.7 Å². The Kier molecular flexibility index (Phi) is 11.8. The van der Waals surface area contributed by atoms with Gasteiger partial charge >= 0.3 is 0 Å². The maximum Gasteiger partial charge on any atom is 0.147 e. The Hall–Kier alpha value is -1.02. The predicted molar refractivity (Wildman–Crippen MR) is 140 cm³/mol. The first-order chi connectivity index (χ1) is 15.6. The molecule has 33 heavy (non-hydrogen) atoms. The molecule has 1 unspecified atom stereocenters. The first kappa shape index (κ1) is 28.2. The Morgan fingerprint density at radius 3 is 1.88 bits per heavy atom. The highest BCUT2D eigenvalue weighted by atomic mass is 15.3. The second-order valence-electron chi connectivity index (χ2n) is 11.0. The highest BCUT2D eigenvalue weighted by molar-refractivity contribution is 4.97. The van der Waals surface area contributed by atoms with Gasteiger partial charge in [0.1, 0.15) is 11.6 Å². The molecular weight excluding hydrogens is 410 g/mol. The van der Waals surface area contributed by atoms with Crippen molar-refractivity contribution in [1.29, 1.82) is 0 Å². The number of piperazine rings is 1. The Labute approximate surface area is 204 Å². The molecule has 0 aliphatic carbocycles. The van der Waals surface area contributed by atoms with E-state index in [0.717, 1.165) is 43.4 Å². The SMILES string of the molecule is CC(C)N1CCCCC1.CC(C)N1CCN(C)CC1C.Cc1nnc2n1CCN(C(C)C)C2. The third-order valence-corrected chi connectivity index (χ3v) is 7.36. The summed E-state index contributed by atoms with van der Waals surface area (Å²) in [5.74, 6) is 2.15. The Morgan fingerprint density at radius 2 is 1.36 bits per heavy atom. The van der Waals surface area contributed by atoms with Crippen LogP contribution in [0.2, 0.25) is 0 Å². The van der Waals surface area contributed by atoms with E-state index in [-0.39, 0.29) is 0 Å². The molecule has 1 aromatic rings. The molecule has 2 fully saturated rings. The molecule has 7 nitrogen and oxygen atoms in total. The molecule has 4 heterocycles. The molecule has 7 heteroatoms. The lowest BCUT2D eigenvalue weighted by Gasteiger charge is -2.40. The molecule has 2 saturated heterocycles. The minimum absolute atomic E-state index is 0.603. The summed E-state index contributed by atoms with van der Waals surface area (Å²) in [4.78, 5) is 9.95. The predicted octanol–water partition coefficient (Wildman–Crippen LogP) is 3.72. The molecule has 4 rings (SSSR count). The van der Waals surface area contributed by atoms with Crippen molar-refractivity contribution in [2.24, 2.45) is 0 Å². The summed E-state index contributed by atoms with van der Waals surface area (Å²) in [7, 11) is 2.20. The Balaban J connectivity index is 0.000000178. The van der Waals surface area contributed by atoms with Gasteiger partial charge < -0.3 is 14.4 Å². The van der Waals surface area contributed by atoms with Crippen molar-refractivity contribution in [1.82, 2.24) is 34.4 Å². The van der Waals surface area contributed by atoms with Crippen molar-refractivity contribution >= 4 is 0 Å². The van der Waals surface area contributed by atoms with Crippen molar-refractivity contribution in [3.8, 4) is 0 Å². The van der Waals surface area contributed by atoms with Crippen molar-refractivity contribution in [2.75, 3.05) is 46.3 Å². The van der Waals surface area contributed by atoms with Gasteiger partial charge in [-0.05, 0) is 88.4 Å². The van der Waals surface area contributed by atoms with E-state index in [0.29, 0.717) is 12.1 Å². The zero-order chi connectivity index (χ0) is 24.5. The molecule has 0 amide bonds. The van der Waals surface area contributed by atoms with Gasteiger partial charge in [-0.2, -0.15) is 0 Å². The Morgan fingerprint density at radius 1 is 0.727 bits per heavy atom. The number of nitrogens with zero attached hydrogens (tertiary/aromatic N) is 7. The van der Waals surface area contributed by atoms with Gasteiger partial charge in [0.2, 0.25) is 0 Å². The molecule has 0 spiro atoms. The lowest BCUT2D eigenvalue weighted by molar-refractivity contribution is 0.0741. The monoisotopic (exact) mass is 463 g/mol. The fourth-order valence-corrected chi connectivity index (χ4v) is 5.12. The zero-order valence-corrected chi connectivity index (χ0v) is 23.2. The highest BCUT2D eigenvalue weighted by Crippen LogP contribution is 2.14. The summed E-state index contributed by atoms with van der Waals surface area (Å²) < 4.78 is 2.21. The van der Waals surface area contributed by atoms with Crippen molar-refractivity contribution in [2.45, 2.75) is 112 Å². The smallest absolute Gasteiger partial charge is 0.147 e. The van der Waals surface area contributed by atoms with Gasteiger partial charge in [-0.25, -0.2) is 0 Å². The first-order valence-electron chi connectivity index (χ1n) is 13.4. The first-order valence-corrected chi connectivity index (χ1v) is 13.4. The maximum atomic E-state index is 4.16. The van der Waals surface area contributed by atoms with Crippen LogP contribution in [0.3, 0.4) is 0 Å². The van der Waals surface area contributed by atoms with Crippen LogP contribution in [0.15, 0.2) is 0 Å². The third-order valence-electron chi connectivity index (χ3n) is 7.36. The number of fused-ring (bicyclic) bond motifs is 1. The summed E-state index contributed by atoms with van der Waals surface area (Å²) >= 11 is 0. The zero-order valence-electron chi connectivity index (χ0n) is 23.2. The molecule has 1 atom stereocenters.